The van der Waals surface area contributed by atoms with Gasteiger partial charge in [0.2, 0.25) is 17.7 Å². The first-order valence-electron chi connectivity index (χ1n) is 28.9. The fourth-order valence-electron chi connectivity index (χ4n) is 11.4. The maximum absolute atomic E-state index is 13.4. The van der Waals surface area contributed by atoms with Crippen molar-refractivity contribution < 1.29 is 28.8 Å². The van der Waals surface area contributed by atoms with E-state index in [0.717, 1.165) is 54.4 Å². The maximum Gasteiger partial charge on any atom is 0.262 e. The lowest BCUT2D eigenvalue weighted by molar-refractivity contribution is -0.123. The number of rotatable bonds is 13. The Balaban J connectivity index is 0.000000164. The minimum absolute atomic E-state index is 0.000586. The number of nitrogens with one attached hydrogen (secondary N) is 3. The van der Waals surface area contributed by atoms with E-state index in [1.54, 1.807) is 43.9 Å². The molecule has 6 aromatic rings. The SMILES string of the molecule is C=C1CCC(n2c(C)nc3cccc(CNC(=O)C4CC4)c3c2=O)C(=O)C1.C=C1CCC(n2c(C)nc3cccc(CNC(=O)CC(C)(C)C)c3c2=O)C(=O)C1.C=C1CCC(n2c(C)nc3cccc(CNC(=O)CN(C)C)c3c2=O)C(=O)C1. The molecule has 0 saturated heterocycles. The van der Waals surface area contributed by atoms with Crippen LogP contribution in [0, 0.1) is 32.1 Å². The van der Waals surface area contributed by atoms with Crippen LogP contribution >= 0.6 is 0 Å². The van der Waals surface area contributed by atoms with Gasteiger partial charge in [0.15, 0.2) is 17.3 Å². The number of hydrogen-bond donors (Lipinski definition) is 3. The van der Waals surface area contributed by atoms with Gasteiger partial charge >= 0.3 is 0 Å². The Morgan fingerprint density at radius 3 is 1.17 bits per heavy atom. The zero-order chi connectivity index (χ0) is 60.9. The van der Waals surface area contributed by atoms with Gasteiger partial charge < -0.3 is 20.9 Å². The van der Waals surface area contributed by atoms with E-state index in [9.17, 15) is 43.2 Å². The molecule has 442 valence electrons. The fourth-order valence-corrected chi connectivity index (χ4v) is 11.4. The second-order valence-corrected chi connectivity index (χ2v) is 24.3. The molecule has 3 heterocycles. The van der Waals surface area contributed by atoms with Gasteiger partial charge in [-0.05, 0) is 127 Å². The van der Waals surface area contributed by atoms with Crippen LogP contribution in [0.15, 0.2) is 105 Å². The number of benzene rings is 3. The van der Waals surface area contributed by atoms with E-state index in [0.29, 0.717) is 113 Å². The minimum atomic E-state index is -0.508. The van der Waals surface area contributed by atoms with E-state index < -0.39 is 18.1 Å². The molecule has 3 amide bonds. The number of Topliss-reactive ketones (excluding diaryl/α,β-unsaturated/α-hetero) is 3. The number of fused-ring (bicyclic) bond motifs is 3. The van der Waals surface area contributed by atoms with Gasteiger partial charge in [-0.15, -0.1) is 0 Å². The van der Waals surface area contributed by atoms with Crippen LogP contribution in [0.3, 0.4) is 0 Å². The van der Waals surface area contributed by atoms with Crippen molar-refractivity contribution in [1.82, 2.24) is 49.5 Å². The lowest BCUT2D eigenvalue weighted by atomic mass is 9.90. The Labute approximate surface area is 488 Å². The summed E-state index contributed by atoms with van der Waals surface area (Å²) in [5.74, 6) is 1.58. The molecule has 0 spiro atoms. The number of allylic oxidation sites excluding steroid dienone is 3. The predicted octanol–water partition coefficient (Wildman–Crippen LogP) is 7.92. The third-order valence-corrected chi connectivity index (χ3v) is 15.7. The van der Waals surface area contributed by atoms with Gasteiger partial charge in [-0.25, -0.2) is 15.0 Å². The Hall–Kier alpha value is -8.32. The second-order valence-electron chi connectivity index (χ2n) is 24.3. The van der Waals surface area contributed by atoms with E-state index in [2.05, 4.69) is 50.6 Å². The summed E-state index contributed by atoms with van der Waals surface area (Å²) in [6, 6.07) is 14.8. The molecular weight excluding hydrogens is 1060 g/mol. The van der Waals surface area contributed by atoms with Crippen LogP contribution < -0.4 is 32.6 Å². The zero-order valence-electron chi connectivity index (χ0n) is 49.7. The van der Waals surface area contributed by atoms with Gasteiger partial charge in [-0.1, -0.05) is 93.6 Å². The number of ketones is 3. The van der Waals surface area contributed by atoms with Crippen molar-refractivity contribution in [1.29, 1.82) is 0 Å². The van der Waals surface area contributed by atoms with Gasteiger partial charge in [0.05, 0.1) is 57.4 Å². The van der Waals surface area contributed by atoms with Crippen molar-refractivity contribution in [2.24, 2.45) is 11.3 Å². The Bertz CT molecular complexity index is 3860. The van der Waals surface area contributed by atoms with Crippen LogP contribution in [0.4, 0.5) is 0 Å². The molecule has 10 rings (SSSR count). The van der Waals surface area contributed by atoms with Gasteiger partial charge in [0, 0.05) is 51.2 Å². The first kappa shape index (κ1) is 61.7. The molecule has 3 aromatic heterocycles. The average molecular weight is 1140 g/mol. The molecule has 3 N–H and O–H groups in total. The van der Waals surface area contributed by atoms with Gasteiger partial charge in [-0.2, -0.15) is 0 Å². The van der Waals surface area contributed by atoms with Crippen LogP contribution in [0.25, 0.3) is 32.7 Å². The monoisotopic (exact) mass is 1140 g/mol. The molecular formula is C65H78N10O9. The third-order valence-electron chi connectivity index (χ3n) is 15.7. The fraction of sp³-hybridized carbons (Fsp3) is 0.446. The van der Waals surface area contributed by atoms with Crippen molar-refractivity contribution in [2.75, 3.05) is 20.6 Å². The highest BCUT2D eigenvalue weighted by atomic mass is 16.2. The van der Waals surface area contributed by atoms with E-state index in [1.165, 1.54) is 13.7 Å². The summed E-state index contributed by atoms with van der Waals surface area (Å²) in [6.07, 6.45) is 7.08. The highest BCUT2D eigenvalue weighted by Crippen LogP contribution is 2.32. The average Bonchev–Trinajstić information content (AvgIpc) is 1.55. The summed E-state index contributed by atoms with van der Waals surface area (Å²) >= 11 is 0. The van der Waals surface area contributed by atoms with Crippen molar-refractivity contribution in [3.8, 4) is 0 Å². The number of nitrogens with zero attached hydrogens (tertiary/aromatic N) is 7. The predicted molar refractivity (Wildman–Crippen MR) is 324 cm³/mol. The number of carbonyl (C=O) groups is 6. The van der Waals surface area contributed by atoms with Crippen LogP contribution in [-0.2, 0) is 48.4 Å². The highest BCUT2D eigenvalue weighted by Gasteiger charge is 2.33. The van der Waals surface area contributed by atoms with Crippen molar-refractivity contribution in [3.63, 3.8) is 0 Å². The third kappa shape index (κ3) is 14.5. The normalized spacial score (nSPS) is 18.3. The first-order chi connectivity index (χ1) is 39.8. The lowest BCUT2D eigenvalue weighted by Gasteiger charge is -2.26. The molecule has 19 heteroatoms. The summed E-state index contributed by atoms with van der Waals surface area (Å²) in [7, 11) is 3.64. The molecule has 19 nitrogen and oxygen atoms in total. The lowest BCUT2D eigenvalue weighted by Crippen LogP contribution is -2.36. The van der Waals surface area contributed by atoms with Crippen LogP contribution in [0.5, 0.6) is 0 Å². The first-order valence-corrected chi connectivity index (χ1v) is 28.9. The molecule has 4 fully saturated rings. The highest BCUT2D eigenvalue weighted by molar-refractivity contribution is 5.90. The van der Waals surface area contributed by atoms with Crippen LogP contribution in [0.2, 0.25) is 0 Å². The molecule has 4 aliphatic rings. The van der Waals surface area contributed by atoms with Gasteiger partial charge in [-0.3, -0.25) is 56.9 Å². The summed E-state index contributed by atoms with van der Waals surface area (Å²) in [5.41, 5.74) is 5.86. The molecule has 0 bridgehead atoms. The molecule has 3 atom stereocenters. The van der Waals surface area contributed by atoms with Gasteiger partial charge in [0.25, 0.3) is 16.7 Å². The summed E-state index contributed by atoms with van der Waals surface area (Å²) < 4.78 is 4.57. The molecule has 3 unspecified atom stereocenters. The largest absolute Gasteiger partial charge is 0.352 e. The molecule has 84 heavy (non-hydrogen) atoms. The Morgan fingerprint density at radius 2 is 0.857 bits per heavy atom. The molecule has 3 aromatic carbocycles. The minimum Gasteiger partial charge on any atom is -0.352 e. The number of likely N-dealkylation sites (N-methyl/N-ethyl adjacent to an activating group) is 1. The summed E-state index contributed by atoms with van der Waals surface area (Å²) in [4.78, 5) is 129. The smallest absolute Gasteiger partial charge is 0.262 e. The summed E-state index contributed by atoms with van der Waals surface area (Å²) in [5, 5.41) is 10.1. The van der Waals surface area contributed by atoms with E-state index in [1.807, 2.05) is 71.3 Å². The number of aromatic nitrogens is 6. The van der Waals surface area contributed by atoms with E-state index in [-0.39, 0.29) is 82.7 Å². The quantitative estimate of drug-likeness (QED) is 0.0932. The molecule has 0 radical (unpaired) electrons. The molecule has 4 aliphatic carbocycles. The molecule has 0 aliphatic heterocycles. The number of amides is 3. The number of hydrogen-bond acceptors (Lipinski definition) is 13. The van der Waals surface area contributed by atoms with E-state index >= 15 is 0 Å². The van der Waals surface area contributed by atoms with Crippen LogP contribution in [0.1, 0.15) is 150 Å². The second kappa shape index (κ2) is 26.1. The standard InChI is InChI=1S/C23H29N3O3.C21H26N4O3.C21H23N3O3/c1-14-9-10-18(19(27)11-14)26-15(2)25-17-8-6-7-16(21(17)22(26)29)13-24-20(28)12-23(3,4)5;1-13-8-9-17(18(26)10-13)25-14(2)23-16-7-5-6-15(20(16)21(25)28)11-22-19(27)12-24(3)4;1-12-6-9-17(18(25)10-12)24-13(2)23-16-5-3-4-15(19(16)21(24)27)11-22-20(26)14-7-8-14/h6-8,18H,1,9-13H2,2-5H3,(H,24,28);5-7,17H,1,8-12H2,2-4H3,(H,22,27);3-5,14,17H,1,6-11H2,2H3,(H,22,26). The van der Waals surface area contributed by atoms with Crippen molar-refractivity contribution in [2.45, 2.75) is 156 Å². The van der Waals surface area contributed by atoms with Crippen LogP contribution in [-0.4, -0.2) is 89.3 Å². The van der Waals surface area contributed by atoms with Gasteiger partial charge in [0.1, 0.15) is 17.5 Å². The summed E-state index contributed by atoms with van der Waals surface area (Å²) in [6.45, 7) is 24.0. The van der Waals surface area contributed by atoms with Crippen molar-refractivity contribution >= 4 is 67.8 Å². The van der Waals surface area contributed by atoms with E-state index in [4.69, 9.17) is 0 Å². The Kier molecular flexibility index (Phi) is 19.2. The number of carbonyl (C=O) groups excluding carboxylic acids is 6. The zero-order valence-corrected chi connectivity index (χ0v) is 49.7. The number of aryl methyl sites for hydroxylation is 3. The van der Waals surface area contributed by atoms with Crippen molar-refractivity contribution in [3.05, 3.63) is 156 Å². The Morgan fingerprint density at radius 1 is 0.524 bits per heavy atom. The topological polar surface area (TPSA) is 246 Å². The molecule has 4 saturated carbocycles. The maximum atomic E-state index is 13.4.